The van der Waals surface area contributed by atoms with Crippen molar-refractivity contribution in [2.75, 3.05) is 11.0 Å². The number of hydrogen-bond donors (Lipinski definition) is 1. The maximum Gasteiger partial charge on any atom is 0.229 e. The highest BCUT2D eigenvalue weighted by Crippen LogP contribution is 2.30. The fraction of sp³-hybridized carbons (Fsp3) is 0.118. The average molecular weight is 408 g/mol. The van der Waals surface area contributed by atoms with Crippen LogP contribution < -0.4 is 4.72 Å². The molecule has 3 rings (SSSR count). The van der Waals surface area contributed by atoms with Crippen molar-refractivity contribution in [3.63, 3.8) is 0 Å². The van der Waals surface area contributed by atoms with E-state index in [1.54, 1.807) is 49.4 Å². The topological polar surface area (TPSA) is 76.4 Å². The minimum atomic E-state index is -3.40. The normalized spacial score (nSPS) is 11.6. The number of nitrogens with one attached hydrogen (secondary N) is 1. The monoisotopic (exact) mass is 407 g/mol. The van der Waals surface area contributed by atoms with Gasteiger partial charge in [-0.2, -0.15) is 0 Å². The minimum absolute atomic E-state index is 0.171. The molecule has 0 saturated carbocycles. The lowest BCUT2D eigenvalue weighted by atomic mass is 10.0. The van der Waals surface area contributed by atoms with Gasteiger partial charge in [-0.25, -0.2) is 8.42 Å². The van der Waals surface area contributed by atoms with Gasteiger partial charge in [-0.1, -0.05) is 15.9 Å². The first kappa shape index (κ1) is 16.7. The number of carbonyl (C=O) groups is 1. The number of rotatable bonds is 4. The van der Waals surface area contributed by atoms with Crippen LogP contribution in [0.3, 0.4) is 0 Å². The number of halogens is 1. The SMILES string of the molecule is Cc1oc2ccc(NS(C)(=O)=O)cc2c1C(=O)c1ccc(Br)cc1. The molecular formula is C17H14BrNO4S. The number of anilines is 1. The van der Waals surface area contributed by atoms with Crippen LogP contribution in [0.4, 0.5) is 5.69 Å². The van der Waals surface area contributed by atoms with E-state index in [1.807, 2.05) is 0 Å². The highest BCUT2D eigenvalue weighted by molar-refractivity contribution is 9.10. The number of sulfonamides is 1. The third kappa shape index (κ3) is 3.37. The first-order chi connectivity index (χ1) is 11.2. The van der Waals surface area contributed by atoms with Gasteiger partial charge in [0, 0.05) is 21.1 Å². The summed E-state index contributed by atoms with van der Waals surface area (Å²) in [5.41, 5.74) is 1.89. The number of aryl methyl sites for hydroxylation is 1. The van der Waals surface area contributed by atoms with Gasteiger partial charge in [-0.05, 0) is 49.4 Å². The summed E-state index contributed by atoms with van der Waals surface area (Å²) in [7, 11) is -3.40. The lowest BCUT2D eigenvalue weighted by molar-refractivity contribution is 0.103. The predicted molar refractivity (Wildman–Crippen MR) is 97.0 cm³/mol. The highest BCUT2D eigenvalue weighted by Gasteiger charge is 2.20. The largest absolute Gasteiger partial charge is 0.461 e. The lowest BCUT2D eigenvalue weighted by Gasteiger charge is -2.04. The van der Waals surface area contributed by atoms with E-state index in [9.17, 15) is 13.2 Å². The van der Waals surface area contributed by atoms with Crippen LogP contribution >= 0.6 is 15.9 Å². The quantitative estimate of drug-likeness (QED) is 0.660. The first-order valence-corrected chi connectivity index (χ1v) is 9.74. The van der Waals surface area contributed by atoms with Crippen LogP contribution in [-0.2, 0) is 10.0 Å². The van der Waals surface area contributed by atoms with Crippen molar-refractivity contribution in [3.05, 3.63) is 63.8 Å². The molecule has 0 spiro atoms. The number of ketones is 1. The molecule has 24 heavy (non-hydrogen) atoms. The maximum atomic E-state index is 12.8. The zero-order valence-electron chi connectivity index (χ0n) is 13.0. The molecule has 7 heteroatoms. The molecule has 0 aliphatic carbocycles. The van der Waals surface area contributed by atoms with E-state index < -0.39 is 10.0 Å². The second-order valence-electron chi connectivity index (χ2n) is 5.45. The van der Waals surface area contributed by atoms with Crippen LogP contribution in [0.2, 0.25) is 0 Å². The summed E-state index contributed by atoms with van der Waals surface area (Å²) in [5, 5.41) is 0.578. The molecule has 0 unspecified atom stereocenters. The molecule has 124 valence electrons. The molecule has 0 radical (unpaired) electrons. The Morgan fingerprint density at radius 2 is 1.79 bits per heavy atom. The highest BCUT2D eigenvalue weighted by atomic mass is 79.9. The maximum absolute atomic E-state index is 12.8. The van der Waals surface area contributed by atoms with Crippen LogP contribution in [0.25, 0.3) is 11.0 Å². The molecule has 0 aliphatic heterocycles. The molecule has 0 bridgehead atoms. The molecule has 0 atom stereocenters. The summed E-state index contributed by atoms with van der Waals surface area (Å²) in [6.07, 6.45) is 1.08. The van der Waals surface area contributed by atoms with Gasteiger partial charge in [0.05, 0.1) is 11.8 Å². The Morgan fingerprint density at radius 3 is 2.42 bits per heavy atom. The number of fused-ring (bicyclic) bond motifs is 1. The van der Waals surface area contributed by atoms with E-state index in [1.165, 1.54) is 0 Å². The summed E-state index contributed by atoms with van der Waals surface area (Å²) in [6.45, 7) is 1.72. The number of carbonyl (C=O) groups excluding carboxylic acids is 1. The predicted octanol–water partition coefficient (Wildman–Crippen LogP) is 4.11. The van der Waals surface area contributed by atoms with Gasteiger partial charge >= 0.3 is 0 Å². The summed E-state index contributed by atoms with van der Waals surface area (Å²) in [5.74, 6) is 0.324. The van der Waals surface area contributed by atoms with Gasteiger partial charge in [0.2, 0.25) is 10.0 Å². The third-order valence-electron chi connectivity index (χ3n) is 3.50. The fourth-order valence-electron chi connectivity index (χ4n) is 2.53. The van der Waals surface area contributed by atoms with E-state index in [-0.39, 0.29) is 5.78 Å². The van der Waals surface area contributed by atoms with Crippen LogP contribution in [0.1, 0.15) is 21.7 Å². The Bertz CT molecular complexity index is 1040. The van der Waals surface area contributed by atoms with Crippen molar-refractivity contribution >= 4 is 48.4 Å². The molecule has 1 N–H and O–H groups in total. The Labute approximate surface area is 147 Å². The first-order valence-electron chi connectivity index (χ1n) is 7.06. The van der Waals surface area contributed by atoms with Crippen molar-refractivity contribution < 1.29 is 17.6 Å². The molecule has 3 aromatic rings. The molecule has 5 nitrogen and oxygen atoms in total. The second kappa shape index (κ2) is 6.07. The third-order valence-corrected chi connectivity index (χ3v) is 4.64. The van der Waals surface area contributed by atoms with Crippen LogP contribution in [0.5, 0.6) is 0 Å². The van der Waals surface area contributed by atoms with Crippen molar-refractivity contribution in [2.45, 2.75) is 6.92 Å². The summed E-state index contributed by atoms with van der Waals surface area (Å²) in [4.78, 5) is 12.8. The van der Waals surface area contributed by atoms with Crippen LogP contribution in [-0.4, -0.2) is 20.5 Å². The van der Waals surface area contributed by atoms with Gasteiger partial charge in [0.1, 0.15) is 11.3 Å². The molecular weight excluding hydrogens is 394 g/mol. The number of furan rings is 1. The van der Waals surface area contributed by atoms with Crippen molar-refractivity contribution in [1.29, 1.82) is 0 Å². The zero-order chi connectivity index (χ0) is 17.5. The van der Waals surface area contributed by atoms with E-state index in [0.717, 1.165) is 10.7 Å². The fourth-order valence-corrected chi connectivity index (χ4v) is 3.34. The van der Waals surface area contributed by atoms with Gasteiger partial charge in [0.15, 0.2) is 5.78 Å². The van der Waals surface area contributed by atoms with Crippen molar-refractivity contribution in [3.8, 4) is 0 Å². The van der Waals surface area contributed by atoms with Crippen molar-refractivity contribution in [1.82, 2.24) is 0 Å². The molecule has 1 aromatic heterocycles. The van der Waals surface area contributed by atoms with Gasteiger partial charge in [-0.3, -0.25) is 9.52 Å². The molecule has 1 heterocycles. The van der Waals surface area contributed by atoms with Gasteiger partial charge in [-0.15, -0.1) is 0 Å². The summed E-state index contributed by atoms with van der Waals surface area (Å²) < 4.78 is 31.8. The standard InChI is InChI=1S/C17H14BrNO4S/c1-10-16(17(20)11-3-5-12(18)6-4-11)14-9-13(19-24(2,21)22)7-8-15(14)23-10/h3-9,19H,1-2H3. The molecule has 0 fully saturated rings. The average Bonchev–Trinajstić information content (AvgIpc) is 2.81. The number of benzene rings is 2. The minimum Gasteiger partial charge on any atom is -0.461 e. The Hall–Kier alpha value is -2.12. The molecule has 0 amide bonds. The van der Waals surface area contributed by atoms with Gasteiger partial charge < -0.3 is 4.42 Å². The molecule has 0 aliphatic rings. The Morgan fingerprint density at radius 1 is 1.12 bits per heavy atom. The van der Waals surface area contributed by atoms with Crippen molar-refractivity contribution in [2.24, 2.45) is 0 Å². The molecule has 0 saturated heterocycles. The van der Waals surface area contributed by atoms with E-state index >= 15 is 0 Å². The second-order valence-corrected chi connectivity index (χ2v) is 8.12. The number of hydrogen-bond acceptors (Lipinski definition) is 4. The lowest BCUT2D eigenvalue weighted by Crippen LogP contribution is -2.09. The van der Waals surface area contributed by atoms with E-state index in [4.69, 9.17) is 4.42 Å². The Kier molecular flexibility index (Phi) is 4.23. The van der Waals surface area contributed by atoms with Crippen LogP contribution in [0, 0.1) is 6.92 Å². The Balaban J connectivity index is 2.12. The molecule has 2 aromatic carbocycles. The smallest absolute Gasteiger partial charge is 0.229 e. The zero-order valence-corrected chi connectivity index (χ0v) is 15.4. The van der Waals surface area contributed by atoms with E-state index in [0.29, 0.717) is 33.5 Å². The summed E-state index contributed by atoms with van der Waals surface area (Å²) in [6, 6.07) is 11.9. The summed E-state index contributed by atoms with van der Waals surface area (Å²) >= 11 is 3.34. The van der Waals surface area contributed by atoms with Crippen LogP contribution in [0.15, 0.2) is 51.4 Å². The van der Waals surface area contributed by atoms with Gasteiger partial charge in [0.25, 0.3) is 0 Å². The van der Waals surface area contributed by atoms with E-state index in [2.05, 4.69) is 20.7 Å².